The molecule has 2 aliphatic heterocycles. The van der Waals surface area contributed by atoms with Gasteiger partial charge in [-0.05, 0) is 44.7 Å². The van der Waals surface area contributed by atoms with Crippen LogP contribution in [0.4, 0.5) is 5.69 Å². The van der Waals surface area contributed by atoms with Gasteiger partial charge in [0.2, 0.25) is 0 Å². The molecule has 2 aliphatic rings. The predicted molar refractivity (Wildman–Crippen MR) is 115 cm³/mol. The van der Waals surface area contributed by atoms with Crippen molar-refractivity contribution in [1.29, 1.82) is 0 Å². The summed E-state index contributed by atoms with van der Waals surface area (Å²) in [5.41, 5.74) is 1.32. The van der Waals surface area contributed by atoms with Crippen LogP contribution in [0.25, 0.3) is 10.8 Å². The molecule has 2 aromatic rings. The van der Waals surface area contributed by atoms with Crippen LogP contribution in [0.1, 0.15) is 39.2 Å². The predicted octanol–water partition coefficient (Wildman–Crippen LogP) is 4.03. The number of nitrogens with zero attached hydrogens (tertiary/aromatic N) is 1. The minimum Gasteiger partial charge on any atom is -0.493 e. The summed E-state index contributed by atoms with van der Waals surface area (Å²) in [6, 6.07) is 10.4. The number of carbonyl (C=O) groups is 2. The van der Waals surface area contributed by atoms with E-state index in [9.17, 15) is 14.7 Å². The average molecular weight is 411 g/mol. The fraction of sp³-hybridized carbons (Fsp3) is 0.500. The summed E-state index contributed by atoms with van der Waals surface area (Å²) in [4.78, 5) is 25.9. The fourth-order valence-electron chi connectivity index (χ4n) is 4.89. The van der Waals surface area contributed by atoms with E-state index in [4.69, 9.17) is 9.47 Å². The number of carboxylic acids is 1. The summed E-state index contributed by atoms with van der Waals surface area (Å²) in [7, 11) is 0. The monoisotopic (exact) mass is 411 g/mol. The number of hydrogen-bond donors (Lipinski definition) is 1. The Bertz CT molecular complexity index is 983. The number of aryl methyl sites for hydroxylation is 1. The Morgan fingerprint density at radius 3 is 2.67 bits per heavy atom. The Kier molecular flexibility index (Phi) is 5.35. The number of benzene rings is 2. The second kappa shape index (κ2) is 7.82. The van der Waals surface area contributed by atoms with Gasteiger partial charge in [-0.15, -0.1) is 0 Å². The lowest BCUT2D eigenvalue weighted by atomic mass is 9.72. The van der Waals surface area contributed by atoms with Gasteiger partial charge in [-0.2, -0.15) is 0 Å². The molecule has 2 unspecified atom stereocenters. The maximum Gasteiger partial charge on any atom is 0.309 e. The summed E-state index contributed by atoms with van der Waals surface area (Å²) in [6.07, 6.45) is 2.13. The van der Waals surface area contributed by atoms with E-state index in [0.29, 0.717) is 19.5 Å². The maximum atomic E-state index is 11.9. The van der Waals surface area contributed by atoms with Crippen molar-refractivity contribution in [3.63, 3.8) is 0 Å². The number of carbonyl (C=O) groups excluding carboxylic acids is 1. The number of carboxylic acid groups (broad SMARTS) is 1. The van der Waals surface area contributed by atoms with Crippen molar-refractivity contribution in [2.45, 2.75) is 46.1 Å². The number of anilines is 1. The standard InChI is InChI=1S/C24H29NO5/c1-15(26)30-21-14-25(11-10-19(21)24(2,3)23(27)28)20-13-16-7-6-12-29-22(16)18-9-5-4-8-17(18)20/h4-5,8-9,13,19,21H,6-7,10-12,14H2,1-3H3,(H,27,28). The van der Waals surface area contributed by atoms with Gasteiger partial charge in [0.25, 0.3) is 0 Å². The summed E-state index contributed by atoms with van der Waals surface area (Å²) in [5, 5.41) is 11.9. The molecular weight excluding hydrogens is 382 g/mol. The molecule has 1 N–H and O–H groups in total. The largest absolute Gasteiger partial charge is 0.493 e. The number of hydrogen-bond acceptors (Lipinski definition) is 5. The van der Waals surface area contributed by atoms with E-state index in [2.05, 4.69) is 23.1 Å². The molecular formula is C24H29NO5. The zero-order valence-corrected chi connectivity index (χ0v) is 17.8. The summed E-state index contributed by atoms with van der Waals surface area (Å²) in [5.74, 6) is -0.521. The number of esters is 1. The smallest absolute Gasteiger partial charge is 0.309 e. The van der Waals surface area contributed by atoms with Gasteiger partial charge in [-0.1, -0.05) is 24.3 Å². The third kappa shape index (κ3) is 3.59. The van der Waals surface area contributed by atoms with E-state index >= 15 is 0 Å². The van der Waals surface area contributed by atoms with Crippen LogP contribution in [-0.2, 0) is 20.7 Å². The second-order valence-corrected chi connectivity index (χ2v) is 8.90. The van der Waals surface area contributed by atoms with E-state index in [1.807, 2.05) is 12.1 Å². The zero-order chi connectivity index (χ0) is 21.5. The molecule has 0 amide bonds. The molecule has 0 aromatic heterocycles. The molecule has 6 heteroatoms. The normalized spacial score (nSPS) is 21.6. The SMILES string of the molecule is CC(=O)OC1CN(c2cc3c(c4ccccc24)OCCC3)CCC1C(C)(C)C(=O)O. The molecule has 2 heterocycles. The topological polar surface area (TPSA) is 76.1 Å². The number of ether oxygens (including phenoxy) is 2. The third-order valence-electron chi connectivity index (χ3n) is 6.58. The minimum atomic E-state index is -0.974. The molecule has 0 aliphatic carbocycles. The molecule has 6 nitrogen and oxygen atoms in total. The lowest BCUT2D eigenvalue weighted by Gasteiger charge is -2.44. The number of aliphatic carboxylic acids is 1. The van der Waals surface area contributed by atoms with Crippen molar-refractivity contribution in [3.05, 3.63) is 35.9 Å². The Hall–Kier alpha value is -2.76. The van der Waals surface area contributed by atoms with Gasteiger partial charge in [0, 0.05) is 35.8 Å². The maximum absolute atomic E-state index is 11.9. The quantitative estimate of drug-likeness (QED) is 0.766. The number of fused-ring (bicyclic) bond motifs is 3. The van der Waals surface area contributed by atoms with Crippen molar-refractivity contribution < 1.29 is 24.2 Å². The summed E-state index contributed by atoms with van der Waals surface area (Å²) in [6.45, 7) is 6.75. The third-order valence-corrected chi connectivity index (χ3v) is 6.58. The lowest BCUT2D eigenvalue weighted by molar-refractivity contribution is -0.163. The van der Waals surface area contributed by atoms with Crippen LogP contribution in [0.3, 0.4) is 0 Å². The molecule has 4 rings (SSSR count). The van der Waals surface area contributed by atoms with E-state index in [0.717, 1.165) is 41.7 Å². The molecule has 30 heavy (non-hydrogen) atoms. The number of piperidine rings is 1. The molecule has 0 saturated carbocycles. The van der Waals surface area contributed by atoms with Crippen LogP contribution in [-0.4, -0.2) is 42.8 Å². The van der Waals surface area contributed by atoms with Crippen molar-refractivity contribution in [1.82, 2.24) is 0 Å². The van der Waals surface area contributed by atoms with Gasteiger partial charge in [-0.3, -0.25) is 9.59 Å². The van der Waals surface area contributed by atoms with Gasteiger partial charge in [0.1, 0.15) is 11.9 Å². The van der Waals surface area contributed by atoms with E-state index in [1.165, 1.54) is 12.5 Å². The fourth-order valence-corrected chi connectivity index (χ4v) is 4.89. The highest BCUT2D eigenvalue weighted by atomic mass is 16.5. The van der Waals surface area contributed by atoms with Crippen molar-refractivity contribution in [2.24, 2.45) is 11.3 Å². The Balaban J connectivity index is 1.73. The van der Waals surface area contributed by atoms with Crippen LogP contribution in [0.2, 0.25) is 0 Å². The van der Waals surface area contributed by atoms with Gasteiger partial charge in [-0.25, -0.2) is 0 Å². The van der Waals surface area contributed by atoms with E-state index in [1.54, 1.807) is 13.8 Å². The molecule has 160 valence electrons. The van der Waals surface area contributed by atoms with Crippen LogP contribution in [0.5, 0.6) is 5.75 Å². The lowest BCUT2D eigenvalue weighted by Crippen LogP contribution is -2.52. The van der Waals surface area contributed by atoms with Crippen LogP contribution < -0.4 is 9.64 Å². The first kappa shape index (κ1) is 20.5. The van der Waals surface area contributed by atoms with Gasteiger partial charge in [0.15, 0.2) is 0 Å². The van der Waals surface area contributed by atoms with Crippen molar-refractivity contribution in [2.75, 3.05) is 24.6 Å². The molecule has 1 fully saturated rings. The summed E-state index contributed by atoms with van der Waals surface area (Å²) >= 11 is 0. The number of rotatable bonds is 4. The molecule has 0 spiro atoms. The van der Waals surface area contributed by atoms with Crippen LogP contribution in [0.15, 0.2) is 30.3 Å². The first-order valence-corrected chi connectivity index (χ1v) is 10.6. The van der Waals surface area contributed by atoms with Gasteiger partial charge < -0.3 is 19.5 Å². The molecule has 2 atom stereocenters. The summed E-state index contributed by atoms with van der Waals surface area (Å²) < 4.78 is 11.6. The van der Waals surface area contributed by atoms with Crippen LogP contribution >= 0.6 is 0 Å². The highest BCUT2D eigenvalue weighted by Gasteiger charge is 2.45. The zero-order valence-electron chi connectivity index (χ0n) is 17.8. The first-order chi connectivity index (χ1) is 14.3. The van der Waals surface area contributed by atoms with Gasteiger partial charge >= 0.3 is 11.9 Å². The Morgan fingerprint density at radius 1 is 1.23 bits per heavy atom. The Morgan fingerprint density at radius 2 is 1.97 bits per heavy atom. The van der Waals surface area contributed by atoms with E-state index in [-0.39, 0.29) is 11.9 Å². The molecule has 0 bridgehead atoms. The van der Waals surface area contributed by atoms with Crippen molar-refractivity contribution in [3.8, 4) is 5.75 Å². The van der Waals surface area contributed by atoms with Crippen molar-refractivity contribution >= 4 is 28.4 Å². The Labute approximate surface area is 176 Å². The van der Waals surface area contributed by atoms with Gasteiger partial charge in [0.05, 0.1) is 18.6 Å². The first-order valence-electron chi connectivity index (χ1n) is 10.6. The van der Waals surface area contributed by atoms with Crippen LogP contribution in [0, 0.1) is 11.3 Å². The minimum absolute atomic E-state index is 0.248. The molecule has 2 aromatic carbocycles. The highest BCUT2D eigenvalue weighted by Crippen LogP contribution is 2.43. The molecule has 0 radical (unpaired) electrons. The van der Waals surface area contributed by atoms with E-state index < -0.39 is 17.5 Å². The highest BCUT2D eigenvalue weighted by molar-refractivity contribution is 5.99. The average Bonchev–Trinajstić information content (AvgIpc) is 2.72. The second-order valence-electron chi connectivity index (χ2n) is 8.90. The molecule has 1 saturated heterocycles.